The van der Waals surface area contributed by atoms with Crippen LogP contribution in [-0.2, 0) is 14.8 Å². The van der Waals surface area contributed by atoms with Crippen molar-refractivity contribution in [1.29, 1.82) is 0 Å². The van der Waals surface area contributed by atoms with E-state index in [0.29, 0.717) is 11.8 Å². The molecule has 0 bridgehead atoms. The Morgan fingerprint density at radius 1 is 1.10 bits per heavy atom. The Morgan fingerprint density at radius 3 is 2.43 bits per heavy atom. The molecule has 0 spiro atoms. The van der Waals surface area contributed by atoms with Crippen LogP contribution in [0.5, 0.6) is 0 Å². The molecule has 1 aromatic rings. The lowest BCUT2D eigenvalue weighted by Gasteiger charge is -2.36. The zero-order valence-corrected chi connectivity index (χ0v) is 12.9. The first kappa shape index (κ1) is 14.8. The summed E-state index contributed by atoms with van der Waals surface area (Å²) >= 11 is 0. The quantitative estimate of drug-likeness (QED) is 0.920. The Labute approximate surface area is 126 Å². The molecule has 1 unspecified atom stereocenters. The predicted octanol–water partition coefficient (Wildman–Crippen LogP) is 1.59. The maximum Gasteiger partial charge on any atom is 0.240 e. The van der Waals surface area contributed by atoms with Crippen LogP contribution in [0.25, 0.3) is 0 Å². The summed E-state index contributed by atoms with van der Waals surface area (Å²) < 4.78 is 28.9. The molecule has 0 aromatic heterocycles. The van der Waals surface area contributed by atoms with Gasteiger partial charge < -0.3 is 9.64 Å². The Balaban J connectivity index is 1.72. The molecule has 116 valence electrons. The van der Waals surface area contributed by atoms with Crippen molar-refractivity contribution in [3.63, 3.8) is 0 Å². The number of anilines is 1. The highest BCUT2D eigenvalue weighted by atomic mass is 32.2. The Kier molecular flexibility index (Phi) is 4.19. The third kappa shape index (κ3) is 3.22. The van der Waals surface area contributed by atoms with Gasteiger partial charge in [0.15, 0.2) is 0 Å². The molecular formula is C15H22N2O3S. The molecule has 2 heterocycles. The van der Waals surface area contributed by atoms with Gasteiger partial charge in [-0.05, 0) is 43.2 Å². The summed E-state index contributed by atoms with van der Waals surface area (Å²) in [4.78, 5) is 2.37. The van der Waals surface area contributed by atoms with Crippen molar-refractivity contribution in [2.45, 2.75) is 24.2 Å². The molecule has 5 nitrogen and oxygen atoms in total. The number of hydrogen-bond donors (Lipinski definition) is 1. The maximum absolute atomic E-state index is 11.7. The van der Waals surface area contributed by atoms with Crippen LogP contribution in [-0.4, -0.2) is 34.7 Å². The number of nitrogens with zero attached hydrogens (tertiary/aromatic N) is 1. The van der Waals surface area contributed by atoms with E-state index in [4.69, 9.17) is 9.88 Å². The van der Waals surface area contributed by atoms with Gasteiger partial charge in [0, 0.05) is 26.3 Å². The summed E-state index contributed by atoms with van der Waals surface area (Å²) in [5.74, 6) is 1.38. The molecule has 1 atom stereocenters. The summed E-state index contributed by atoms with van der Waals surface area (Å²) in [5, 5.41) is 5.32. The van der Waals surface area contributed by atoms with Crippen LogP contribution < -0.4 is 10.0 Å². The number of sulfonamides is 1. The second kappa shape index (κ2) is 5.94. The van der Waals surface area contributed by atoms with E-state index in [0.717, 1.165) is 44.8 Å². The molecule has 0 saturated carbocycles. The third-order valence-corrected chi connectivity index (χ3v) is 5.64. The largest absolute Gasteiger partial charge is 0.381 e. The second-order valence-electron chi connectivity index (χ2n) is 5.96. The summed E-state index contributed by atoms with van der Waals surface area (Å²) in [6, 6.07) is 7.01. The van der Waals surface area contributed by atoms with Gasteiger partial charge in [-0.25, -0.2) is 13.6 Å². The smallest absolute Gasteiger partial charge is 0.240 e. The molecule has 2 fully saturated rings. The molecule has 2 N–H and O–H groups in total. The molecular weight excluding hydrogens is 288 g/mol. The van der Waals surface area contributed by atoms with Gasteiger partial charge in [0.05, 0.1) is 5.69 Å². The predicted molar refractivity (Wildman–Crippen MR) is 81.7 cm³/mol. The SMILES string of the molecule is NS(=O)(=O)c1ccccc1N1CCC(C2CCOC2)CC1. The number of primary sulfonamides is 1. The van der Waals surface area contributed by atoms with Crippen LogP contribution in [0.4, 0.5) is 5.69 Å². The highest BCUT2D eigenvalue weighted by Crippen LogP contribution is 2.34. The average molecular weight is 310 g/mol. The first-order valence-electron chi connectivity index (χ1n) is 7.50. The molecule has 3 rings (SSSR count). The minimum absolute atomic E-state index is 0.229. The molecule has 2 saturated heterocycles. The fourth-order valence-electron chi connectivity index (χ4n) is 3.50. The minimum Gasteiger partial charge on any atom is -0.381 e. The van der Waals surface area contributed by atoms with E-state index >= 15 is 0 Å². The van der Waals surface area contributed by atoms with E-state index in [2.05, 4.69) is 4.90 Å². The summed E-state index contributed by atoms with van der Waals surface area (Å²) in [7, 11) is -3.67. The van der Waals surface area contributed by atoms with Crippen molar-refractivity contribution in [1.82, 2.24) is 0 Å². The number of ether oxygens (including phenoxy) is 1. The number of benzene rings is 1. The van der Waals surface area contributed by atoms with Crippen molar-refractivity contribution < 1.29 is 13.2 Å². The number of nitrogens with two attached hydrogens (primary N) is 1. The van der Waals surface area contributed by atoms with E-state index in [9.17, 15) is 8.42 Å². The van der Waals surface area contributed by atoms with Crippen LogP contribution in [0.3, 0.4) is 0 Å². The lowest BCUT2D eigenvalue weighted by Crippen LogP contribution is -2.37. The second-order valence-corrected chi connectivity index (χ2v) is 7.49. The van der Waals surface area contributed by atoms with Gasteiger partial charge in [0.25, 0.3) is 0 Å². The Hall–Kier alpha value is -1.11. The van der Waals surface area contributed by atoms with Gasteiger partial charge in [-0.15, -0.1) is 0 Å². The van der Waals surface area contributed by atoms with Crippen LogP contribution in [0.15, 0.2) is 29.2 Å². The fraction of sp³-hybridized carbons (Fsp3) is 0.600. The van der Waals surface area contributed by atoms with Crippen molar-refractivity contribution >= 4 is 15.7 Å². The van der Waals surface area contributed by atoms with Crippen molar-refractivity contribution in [2.75, 3.05) is 31.2 Å². The summed E-state index contributed by atoms with van der Waals surface area (Å²) in [6.45, 7) is 3.54. The van der Waals surface area contributed by atoms with Gasteiger partial charge in [-0.3, -0.25) is 0 Å². The van der Waals surface area contributed by atoms with Gasteiger partial charge in [-0.1, -0.05) is 12.1 Å². The minimum atomic E-state index is -3.67. The normalized spacial score (nSPS) is 24.4. The zero-order chi connectivity index (χ0) is 14.9. The van der Waals surface area contributed by atoms with E-state index in [1.165, 1.54) is 6.42 Å². The highest BCUT2D eigenvalue weighted by molar-refractivity contribution is 7.89. The molecule has 1 aromatic carbocycles. The lowest BCUT2D eigenvalue weighted by atomic mass is 9.84. The van der Waals surface area contributed by atoms with Crippen LogP contribution in [0.1, 0.15) is 19.3 Å². The Morgan fingerprint density at radius 2 is 1.81 bits per heavy atom. The zero-order valence-electron chi connectivity index (χ0n) is 12.1. The Bertz CT molecular complexity index is 589. The standard InChI is InChI=1S/C15H22N2O3S/c16-21(18,19)15-4-2-1-3-14(15)17-8-5-12(6-9-17)13-7-10-20-11-13/h1-4,12-13H,5-11H2,(H2,16,18,19). The third-order valence-electron chi connectivity index (χ3n) is 4.68. The molecule has 21 heavy (non-hydrogen) atoms. The number of para-hydroxylation sites is 1. The molecule has 0 amide bonds. The molecule has 2 aliphatic rings. The summed E-state index contributed by atoms with van der Waals surface area (Å²) in [5.41, 5.74) is 0.737. The topological polar surface area (TPSA) is 72.6 Å². The van der Waals surface area contributed by atoms with Gasteiger partial charge >= 0.3 is 0 Å². The summed E-state index contributed by atoms with van der Waals surface area (Å²) in [6.07, 6.45) is 3.35. The highest BCUT2D eigenvalue weighted by Gasteiger charge is 2.30. The van der Waals surface area contributed by atoms with Gasteiger partial charge in [0.2, 0.25) is 10.0 Å². The molecule has 2 aliphatic heterocycles. The van der Waals surface area contributed by atoms with Crippen LogP contribution in [0, 0.1) is 11.8 Å². The van der Waals surface area contributed by atoms with E-state index in [-0.39, 0.29) is 4.90 Å². The number of piperidine rings is 1. The van der Waals surface area contributed by atoms with E-state index < -0.39 is 10.0 Å². The van der Waals surface area contributed by atoms with Crippen LogP contribution >= 0.6 is 0 Å². The average Bonchev–Trinajstić information content (AvgIpc) is 3.01. The van der Waals surface area contributed by atoms with E-state index in [1.807, 2.05) is 12.1 Å². The van der Waals surface area contributed by atoms with E-state index in [1.54, 1.807) is 12.1 Å². The van der Waals surface area contributed by atoms with Crippen molar-refractivity contribution in [3.05, 3.63) is 24.3 Å². The number of rotatable bonds is 3. The molecule has 6 heteroatoms. The lowest BCUT2D eigenvalue weighted by molar-refractivity contribution is 0.164. The van der Waals surface area contributed by atoms with Gasteiger partial charge in [-0.2, -0.15) is 0 Å². The first-order chi connectivity index (χ1) is 10.1. The fourth-order valence-corrected chi connectivity index (χ4v) is 4.25. The number of hydrogen-bond acceptors (Lipinski definition) is 4. The monoisotopic (exact) mass is 310 g/mol. The molecule has 0 aliphatic carbocycles. The maximum atomic E-state index is 11.7. The first-order valence-corrected chi connectivity index (χ1v) is 9.05. The van der Waals surface area contributed by atoms with Crippen molar-refractivity contribution in [3.8, 4) is 0 Å². The van der Waals surface area contributed by atoms with Crippen molar-refractivity contribution in [2.24, 2.45) is 17.0 Å². The van der Waals surface area contributed by atoms with Crippen LogP contribution in [0.2, 0.25) is 0 Å². The molecule has 0 radical (unpaired) electrons. The van der Waals surface area contributed by atoms with Gasteiger partial charge in [0.1, 0.15) is 4.90 Å².